The summed E-state index contributed by atoms with van der Waals surface area (Å²) in [5, 5.41) is -0.127. The van der Waals surface area contributed by atoms with E-state index in [2.05, 4.69) is 43.5 Å². The zero-order valence-corrected chi connectivity index (χ0v) is 14.6. The summed E-state index contributed by atoms with van der Waals surface area (Å²) in [6, 6.07) is 6.12. The first-order valence-electron chi connectivity index (χ1n) is 7.14. The van der Waals surface area contributed by atoms with Crippen molar-refractivity contribution < 1.29 is 4.74 Å². The van der Waals surface area contributed by atoms with Crippen LogP contribution in [0.2, 0.25) is 0 Å². The normalized spacial score (nSPS) is 21.8. The first-order chi connectivity index (χ1) is 10.0. The molecule has 2 heterocycles. The minimum atomic E-state index is -0.127. The molecule has 0 amide bonds. The second-order valence-electron chi connectivity index (χ2n) is 5.58. The lowest BCUT2D eigenvalue weighted by atomic mass is 10.2. The van der Waals surface area contributed by atoms with Crippen LogP contribution in [0.5, 0.6) is 0 Å². The molecular weight excluding hydrogens is 354 g/mol. The van der Waals surface area contributed by atoms with Gasteiger partial charge < -0.3 is 14.2 Å². The van der Waals surface area contributed by atoms with Crippen molar-refractivity contribution in [1.82, 2.24) is 14.5 Å². The summed E-state index contributed by atoms with van der Waals surface area (Å²) >= 11 is 9.85. The molecule has 0 spiro atoms. The summed E-state index contributed by atoms with van der Waals surface area (Å²) in [6.45, 7) is 5.45. The molecule has 1 saturated heterocycles. The summed E-state index contributed by atoms with van der Waals surface area (Å²) < 4.78 is 9.13. The highest BCUT2D eigenvalue weighted by Gasteiger charge is 2.22. The van der Waals surface area contributed by atoms with Crippen LogP contribution in [-0.2, 0) is 11.3 Å². The highest BCUT2D eigenvalue weighted by molar-refractivity contribution is 9.10. The van der Waals surface area contributed by atoms with Gasteiger partial charge in [0.15, 0.2) is 0 Å². The Labute approximate surface area is 138 Å². The van der Waals surface area contributed by atoms with Crippen LogP contribution in [-0.4, -0.2) is 47.3 Å². The fraction of sp³-hybridized carbons (Fsp3) is 0.533. The van der Waals surface area contributed by atoms with Crippen molar-refractivity contribution >= 4 is 38.6 Å². The molecule has 0 radical (unpaired) electrons. The number of benzene rings is 1. The molecule has 21 heavy (non-hydrogen) atoms. The first kappa shape index (κ1) is 15.3. The van der Waals surface area contributed by atoms with Gasteiger partial charge in [-0.15, -0.1) is 11.6 Å². The lowest BCUT2D eigenvalue weighted by Crippen LogP contribution is -2.42. The van der Waals surface area contributed by atoms with Gasteiger partial charge in [-0.05, 0) is 32.2 Å². The van der Waals surface area contributed by atoms with Crippen molar-refractivity contribution in [3.8, 4) is 0 Å². The van der Waals surface area contributed by atoms with Crippen LogP contribution in [0.4, 0.5) is 0 Å². The van der Waals surface area contributed by atoms with Crippen molar-refractivity contribution in [2.45, 2.75) is 24.9 Å². The van der Waals surface area contributed by atoms with E-state index in [1.807, 2.05) is 19.1 Å². The summed E-state index contributed by atoms with van der Waals surface area (Å²) in [5.74, 6) is 0.904. The van der Waals surface area contributed by atoms with Gasteiger partial charge in [-0.25, -0.2) is 4.98 Å². The van der Waals surface area contributed by atoms with Gasteiger partial charge in [0, 0.05) is 17.6 Å². The minimum Gasteiger partial charge on any atom is -0.374 e. The van der Waals surface area contributed by atoms with Crippen LogP contribution < -0.4 is 0 Å². The minimum absolute atomic E-state index is 0.127. The van der Waals surface area contributed by atoms with Gasteiger partial charge in [0.05, 0.1) is 35.7 Å². The SMILES string of the molecule is CC(Cl)c1nc2ccc(Br)cc2n1CC1CN(C)CCO1. The molecule has 0 bridgehead atoms. The second-order valence-corrected chi connectivity index (χ2v) is 7.16. The molecule has 2 unspecified atom stereocenters. The molecule has 0 saturated carbocycles. The Morgan fingerprint density at radius 3 is 3.05 bits per heavy atom. The summed E-state index contributed by atoms with van der Waals surface area (Å²) in [7, 11) is 2.13. The lowest BCUT2D eigenvalue weighted by molar-refractivity contribution is -0.0272. The van der Waals surface area contributed by atoms with E-state index in [0.717, 1.165) is 47.6 Å². The zero-order chi connectivity index (χ0) is 15.0. The van der Waals surface area contributed by atoms with Gasteiger partial charge in [0.1, 0.15) is 5.82 Å². The van der Waals surface area contributed by atoms with Gasteiger partial charge in [-0.1, -0.05) is 15.9 Å². The number of likely N-dealkylation sites (N-methyl/N-ethyl adjacent to an activating group) is 1. The highest BCUT2D eigenvalue weighted by Crippen LogP contribution is 2.27. The topological polar surface area (TPSA) is 30.3 Å². The van der Waals surface area contributed by atoms with Crippen LogP contribution in [0.15, 0.2) is 22.7 Å². The van der Waals surface area contributed by atoms with E-state index in [1.165, 1.54) is 0 Å². The first-order valence-corrected chi connectivity index (χ1v) is 8.37. The molecule has 0 aliphatic carbocycles. The van der Waals surface area contributed by atoms with E-state index in [-0.39, 0.29) is 11.5 Å². The van der Waals surface area contributed by atoms with Crippen molar-refractivity contribution in [2.24, 2.45) is 0 Å². The molecule has 4 nitrogen and oxygen atoms in total. The van der Waals surface area contributed by atoms with E-state index in [1.54, 1.807) is 0 Å². The molecule has 1 aromatic heterocycles. The number of imidazole rings is 1. The molecule has 3 rings (SSSR count). The molecule has 2 aromatic rings. The molecule has 2 atom stereocenters. The van der Waals surface area contributed by atoms with Crippen LogP contribution in [0.1, 0.15) is 18.1 Å². The molecule has 1 fully saturated rings. The summed E-state index contributed by atoms with van der Waals surface area (Å²) in [5.41, 5.74) is 2.08. The van der Waals surface area contributed by atoms with Crippen LogP contribution in [0, 0.1) is 0 Å². The number of halogens is 2. The highest BCUT2D eigenvalue weighted by atomic mass is 79.9. The molecule has 1 aromatic carbocycles. The standard InChI is InChI=1S/C15H19BrClN3O/c1-10(17)15-18-13-4-3-11(16)7-14(13)20(15)9-12-8-19(2)5-6-21-12/h3-4,7,10,12H,5-6,8-9H2,1-2H3. The average Bonchev–Trinajstić information content (AvgIpc) is 2.77. The van der Waals surface area contributed by atoms with Gasteiger partial charge in [0.2, 0.25) is 0 Å². The third-order valence-electron chi connectivity index (χ3n) is 3.82. The van der Waals surface area contributed by atoms with Crippen molar-refractivity contribution in [3.63, 3.8) is 0 Å². The maximum absolute atomic E-state index is 6.32. The Hall–Kier alpha value is -0.620. The quantitative estimate of drug-likeness (QED) is 0.773. The number of morpholine rings is 1. The van der Waals surface area contributed by atoms with Crippen LogP contribution in [0.25, 0.3) is 11.0 Å². The number of hydrogen-bond donors (Lipinski definition) is 0. The number of alkyl halides is 1. The number of rotatable bonds is 3. The zero-order valence-electron chi connectivity index (χ0n) is 12.2. The molecule has 1 aliphatic rings. The van der Waals surface area contributed by atoms with Crippen LogP contribution in [0.3, 0.4) is 0 Å². The van der Waals surface area contributed by atoms with Gasteiger partial charge in [-0.2, -0.15) is 0 Å². The van der Waals surface area contributed by atoms with E-state index < -0.39 is 0 Å². The number of aromatic nitrogens is 2. The second kappa shape index (κ2) is 6.24. The van der Waals surface area contributed by atoms with Crippen molar-refractivity contribution in [1.29, 1.82) is 0 Å². The number of fused-ring (bicyclic) bond motifs is 1. The molecule has 114 valence electrons. The maximum Gasteiger partial charge on any atom is 0.127 e. The predicted octanol–water partition coefficient (Wildman–Crippen LogP) is 3.43. The van der Waals surface area contributed by atoms with Gasteiger partial charge >= 0.3 is 0 Å². The largest absolute Gasteiger partial charge is 0.374 e. The van der Waals surface area contributed by atoms with Gasteiger partial charge in [-0.3, -0.25) is 0 Å². The molecular formula is C15H19BrClN3O. The molecule has 1 aliphatic heterocycles. The predicted molar refractivity (Wildman–Crippen MR) is 88.9 cm³/mol. The smallest absolute Gasteiger partial charge is 0.127 e. The molecule has 0 N–H and O–H groups in total. The summed E-state index contributed by atoms with van der Waals surface area (Å²) in [6.07, 6.45) is 0.175. The monoisotopic (exact) mass is 371 g/mol. The third-order valence-corrected chi connectivity index (χ3v) is 4.51. The Balaban J connectivity index is 1.98. The Morgan fingerprint density at radius 2 is 2.33 bits per heavy atom. The fourth-order valence-electron chi connectivity index (χ4n) is 2.79. The van der Waals surface area contributed by atoms with Crippen molar-refractivity contribution in [2.75, 3.05) is 26.7 Å². The van der Waals surface area contributed by atoms with Gasteiger partial charge in [0.25, 0.3) is 0 Å². The number of hydrogen-bond acceptors (Lipinski definition) is 3. The van der Waals surface area contributed by atoms with E-state index >= 15 is 0 Å². The van der Waals surface area contributed by atoms with E-state index in [0.29, 0.717) is 0 Å². The average molecular weight is 373 g/mol. The Bertz CT molecular complexity index is 643. The van der Waals surface area contributed by atoms with E-state index in [9.17, 15) is 0 Å². The number of nitrogens with zero attached hydrogens (tertiary/aromatic N) is 3. The fourth-order valence-corrected chi connectivity index (χ4v) is 3.31. The van der Waals surface area contributed by atoms with E-state index in [4.69, 9.17) is 16.3 Å². The lowest BCUT2D eigenvalue weighted by Gasteiger charge is -2.30. The van der Waals surface area contributed by atoms with Crippen molar-refractivity contribution in [3.05, 3.63) is 28.5 Å². The Kier molecular flexibility index (Phi) is 4.54. The Morgan fingerprint density at radius 1 is 1.52 bits per heavy atom. The maximum atomic E-state index is 6.32. The molecule has 6 heteroatoms. The summed E-state index contributed by atoms with van der Waals surface area (Å²) in [4.78, 5) is 6.98. The van der Waals surface area contributed by atoms with Crippen LogP contribution >= 0.6 is 27.5 Å². The third kappa shape index (κ3) is 3.26. The number of ether oxygens (including phenoxy) is 1.